The summed E-state index contributed by atoms with van der Waals surface area (Å²) >= 11 is 0. The highest BCUT2D eigenvalue weighted by Gasteiger charge is 2.13. The molecule has 1 atom stereocenters. The molecule has 2 aromatic carbocycles. The van der Waals surface area contributed by atoms with Gasteiger partial charge in [-0.25, -0.2) is 4.39 Å². The van der Waals surface area contributed by atoms with E-state index < -0.39 is 6.10 Å². The molecule has 1 heterocycles. The van der Waals surface area contributed by atoms with Gasteiger partial charge < -0.3 is 9.84 Å². The van der Waals surface area contributed by atoms with Crippen molar-refractivity contribution in [3.63, 3.8) is 0 Å². The first kappa shape index (κ1) is 18.0. The molecule has 6 nitrogen and oxygen atoms in total. The minimum absolute atomic E-state index is 0.123. The minimum atomic E-state index is -0.786. The summed E-state index contributed by atoms with van der Waals surface area (Å²) in [7, 11) is 0. The summed E-state index contributed by atoms with van der Waals surface area (Å²) in [4.78, 5) is 1.31. The van der Waals surface area contributed by atoms with Crippen LogP contribution in [0.15, 0.2) is 36.4 Å². The molecular weight excluding hydrogens is 335 g/mol. The van der Waals surface area contributed by atoms with E-state index in [9.17, 15) is 9.50 Å². The van der Waals surface area contributed by atoms with Crippen LogP contribution in [0.5, 0.6) is 5.75 Å². The number of rotatable bonds is 6. The van der Waals surface area contributed by atoms with Gasteiger partial charge in [0.1, 0.15) is 24.3 Å². The van der Waals surface area contributed by atoms with Crippen LogP contribution in [0.3, 0.4) is 0 Å². The third-order valence-electron chi connectivity index (χ3n) is 4.07. The van der Waals surface area contributed by atoms with Crippen LogP contribution < -0.4 is 4.74 Å². The van der Waals surface area contributed by atoms with Gasteiger partial charge in [0.25, 0.3) is 0 Å². The fraction of sp³-hybridized carbons (Fsp3) is 0.316. The first-order valence-corrected chi connectivity index (χ1v) is 8.35. The average molecular weight is 356 g/mol. The molecule has 0 aliphatic heterocycles. The van der Waals surface area contributed by atoms with Crippen molar-refractivity contribution in [2.24, 2.45) is 0 Å². The number of nitrogens with zero attached hydrogens (tertiary/aromatic N) is 4. The van der Waals surface area contributed by atoms with E-state index in [4.69, 9.17) is 4.74 Å². The van der Waals surface area contributed by atoms with E-state index in [1.165, 1.54) is 10.9 Å². The van der Waals surface area contributed by atoms with Crippen LogP contribution in [0.2, 0.25) is 0 Å². The highest BCUT2D eigenvalue weighted by molar-refractivity contribution is 5.55. The van der Waals surface area contributed by atoms with Gasteiger partial charge in [-0.2, -0.15) is 4.80 Å². The predicted molar refractivity (Wildman–Crippen MR) is 95.4 cm³/mol. The molecule has 0 aliphatic carbocycles. The molecule has 26 heavy (non-hydrogen) atoms. The van der Waals surface area contributed by atoms with Crippen LogP contribution in [0, 0.1) is 26.6 Å². The standard InChI is InChI=1S/C19H21FN4O2/c1-12-5-4-6-13(2)18(12)26-11-16(25)10-24-22-19(21-23-24)15-7-8-17(20)14(3)9-15/h4-9,16,25H,10-11H2,1-3H3. The summed E-state index contributed by atoms with van der Waals surface area (Å²) in [5.41, 5.74) is 3.23. The lowest BCUT2D eigenvalue weighted by atomic mass is 10.1. The van der Waals surface area contributed by atoms with Crippen molar-refractivity contribution in [2.45, 2.75) is 33.4 Å². The van der Waals surface area contributed by atoms with Gasteiger partial charge in [0.05, 0.1) is 6.54 Å². The molecule has 7 heteroatoms. The van der Waals surface area contributed by atoms with E-state index in [-0.39, 0.29) is 19.0 Å². The van der Waals surface area contributed by atoms with Gasteiger partial charge in [-0.1, -0.05) is 18.2 Å². The average Bonchev–Trinajstić information content (AvgIpc) is 3.05. The Hall–Kier alpha value is -2.80. The van der Waals surface area contributed by atoms with E-state index in [2.05, 4.69) is 15.4 Å². The maximum atomic E-state index is 13.4. The molecule has 0 saturated carbocycles. The van der Waals surface area contributed by atoms with Crippen LogP contribution >= 0.6 is 0 Å². The van der Waals surface area contributed by atoms with Crippen molar-refractivity contribution in [3.05, 3.63) is 58.9 Å². The second-order valence-electron chi connectivity index (χ2n) is 6.32. The van der Waals surface area contributed by atoms with Crippen molar-refractivity contribution < 1.29 is 14.2 Å². The molecular formula is C19H21FN4O2. The molecule has 3 aromatic rings. The van der Waals surface area contributed by atoms with Crippen molar-refractivity contribution >= 4 is 0 Å². The Bertz CT molecular complexity index is 890. The van der Waals surface area contributed by atoms with E-state index >= 15 is 0 Å². The maximum Gasteiger partial charge on any atom is 0.204 e. The van der Waals surface area contributed by atoms with Gasteiger partial charge in [0, 0.05) is 5.56 Å². The smallest absolute Gasteiger partial charge is 0.204 e. The van der Waals surface area contributed by atoms with Crippen LogP contribution in [0.25, 0.3) is 11.4 Å². The number of halogens is 1. The summed E-state index contributed by atoms with van der Waals surface area (Å²) < 4.78 is 19.1. The summed E-state index contributed by atoms with van der Waals surface area (Å²) in [6, 6.07) is 10.5. The zero-order valence-corrected chi connectivity index (χ0v) is 15.0. The monoisotopic (exact) mass is 356 g/mol. The fourth-order valence-electron chi connectivity index (χ4n) is 2.67. The number of hydrogen-bond acceptors (Lipinski definition) is 5. The molecule has 0 radical (unpaired) electrons. The third kappa shape index (κ3) is 4.05. The number of ether oxygens (including phenoxy) is 1. The maximum absolute atomic E-state index is 13.4. The largest absolute Gasteiger partial charge is 0.490 e. The third-order valence-corrected chi connectivity index (χ3v) is 4.07. The molecule has 0 fully saturated rings. The quantitative estimate of drug-likeness (QED) is 0.735. The van der Waals surface area contributed by atoms with Crippen molar-refractivity contribution in [1.29, 1.82) is 0 Å². The molecule has 0 amide bonds. The number of tetrazole rings is 1. The Kier molecular flexibility index (Phi) is 5.27. The normalized spacial score (nSPS) is 12.2. The lowest BCUT2D eigenvalue weighted by Gasteiger charge is -2.15. The predicted octanol–water partition coefficient (Wildman–Crippen LogP) is 2.84. The van der Waals surface area contributed by atoms with Gasteiger partial charge in [-0.3, -0.25) is 0 Å². The summed E-state index contributed by atoms with van der Waals surface area (Å²) in [6.45, 7) is 5.88. The van der Waals surface area contributed by atoms with Gasteiger partial charge in [0.2, 0.25) is 5.82 Å². The number of hydrogen-bond donors (Lipinski definition) is 1. The van der Waals surface area contributed by atoms with E-state index in [0.717, 1.165) is 16.9 Å². The van der Waals surface area contributed by atoms with E-state index in [1.807, 2.05) is 32.0 Å². The van der Waals surface area contributed by atoms with Crippen LogP contribution in [-0.2, 0) is 6.54 Å². The summed E-state index contributed by atoms with van der Waals surface area (Å²) in [5, 5.41) is 22.3. The van der Waals surface area contributed by atoms with Gasteiger partial charge in [-0.15, -0.1) is 10.2 Å². The second kappa shape index (κ2) is 7.61. The Balaban J connectivity index is 1.62. The summed E-state index contributed by atoms with van der Waals surface area (Å²) in [6.07, 6.45) is -0.786. The highest BCUT2D eigenvalue weighted by atomic mass is 19.1. The number of aryl methyl sites for hydroxylation is 3. The lowest BCUT2D eigenvalue weighted by molar-refractivity contribution is 0.0844. The lowest BCUT2D eigenvalue weighted by Crippen LogP contribution is -2.25. The SMILES string of the molecule is Cc1cc(-c2nnn(CC(O)COc3c(C)cccc3C)n2)ccc1F. The van der Waals surface area contributed by atoms with E-state index in [1.54, 1.807) is 19.1 Å². The first-order chi connectivity index (χ1) is 12.4. The van der Waals surface area contributed by atoms with Gasteiger partial charge in [0.15, 0.2) is 0 Å². The minimum Gasteiger partial charge on any atom is -0.490 e. The Morgan fingerprint density at radius 2 is 1.85 bits per heavy atom. The molecule has 0 bridgehead atoms. The number of aliphatic hydroxyl groups excluding tert-OH is 1. The molecule has 1 unspecified atom stereocenters. The molecule has 136 valence electrons. The molecule has 1 aromatic heterocycles. The van der Waals surface area contributed by atoms with Gasteiger partial charge >= 0.3 is 0 Å². The Labute approximate surface area is 151 Å². The number of benzene rings is 2. The summed E-state index contributed by atoms with van der Waals surface area (Å²) in [5.74, 6) is 0.886. The van der Waals surface area contributed by atoms with Crippen LogP contribution in [-0.4, -0.2) is 38.0 Å². The Morgan fingerprint density at radius 3 is 2.54 bits per heavy atom. The zero-order chi connectivity index (χ0) is 18.7. The molecule has 0 spiro atoms. The highest BCUT2D eigenvalue weighted by Crippen LogP contribution is 2.22. The molecule has 0 saturated heterocycles. The zero-order valence-electron chi connectivity index (χ0n) is 15.0. The van der Waals surface area contributed by atoms with Gasteiger partial charge in [-0.05, 0) is 60.9 Å². The number of aliphatic hydroxyl groups is 1. The molecule has 1 N–H and O–H groups in total. The number of aromatic nitrogens is 4. The second-order valence-corrected chi connectivity index (χ2v) is 6.32. The van der Waals surface area contributed by atoms with Crippen LogP contribution in [0.1, 0.15) is 16.7 Å². The van der Waals surface area contributed by atoms with Crippen molar-refractivity contribution in [1.82, 2.24) is 20.2 Å². The molecule has 0 aliphatic rings. The molecule has 3 rings (SSSR count). The van der Waals surface area contributed by atoms with Crippen LogP contribution in [0.4, 0.5) is 4.39 Å². The van der Waals surface area contributed by atoms with Crippen molar-refractivity contribution in [3.8, 4) is 17.1 Å². The van der Waals surface area contributed by atoms with Crippen molar-refractivity contribution in [2.75, 3.05) is 6.61 Å². The number of para-hydroxylation sites is 1. The topological polar surface area (TPSA) is 73.1 Å². The fourth-order valence-corrected chi connectivity index (χ4v) is 2.67. The Morgan fingerprint density at radius 1 is 1.12 bits per heavy atom. The first-order valence-electron chi connectivity index (χ1n) is 8.35. The van der Waals surface area contributed by atoms with E-state index in [0.29, 0.717) is 17.0 Å².